The fourth-order valence-electron chi connectivity index (χ4n) is 3.51. The predicted molar refractivity (Wildman–Crippen MR) is 90.1 cm³/mol. The van der Waals surface area contributed by atoms with Gasteiger partial charge in [0.1, 0.15) is 5.76 Å². The van der Waals surface area contributed by atoms with Crippen LogP contribution in [0.2, 0.25) is 0 Å². The van der Waals surface area contributed by atoms with Crippen molar-refractivity contribution in [1.29, 1.82) is 0 Å². The lowest BCUT2D eigenvalue weighted by molar-refractivity contribution is -0.132. The van der Waals surface area contributed by atoms with Crippen LogP contribution in [0.4, 0.5) is 0 Å². The summed E-state index contributed by atoms with van der Waals surface area (Å²) in [6, 6.07) is 0.267. The van der Waals surface area contributed by atoms with Crippen LogP contribution in [-0.2, 0) is 11.2 Å². The van der Waals surface area contributed by atoms with Crippen LogP contribution in [0.3, 0.4) is 0 Å². The molecule has 0 unspecified atom stereocenters. The van der Waals surface area contributed by atoms with Crippen LogP contribution < -0.4 is 0 Å². The van der Waals surface area contributed by atoms with Gasteiger partial charge in [-0.2, -0.15) is 4.98 Å². The molecule has 0 spiro atoms. The molecule has 1 saturated heterocycles. The first kappa shape index (κ1) is 17.6. The Labute approximate surface area is 147 Å². The number of hydrogen-bond acceptors (Lipinski definition) is 7. The number of likely N-dealkylation sites (tertiary alicyclic amines) is 1. The molecule has 0 bridgehead atoms. The molecule has 3 rings (SSSR count). The lowest BCUT2D eigenvalue weighted by atomic mass is 9.90. The third-order valence-electron chi connectivity index (χ3n) is 4.96. The lowest BCUT2D eigenvalue weighted by Crippen LogP contribution is -2.50. The number of carbonyl (C=O) groups is 1. The maximum absolute atomic E-state index is 12.8. The molecule has 3 heterocycles. The predicted octanol–water partition coefficient (Wildman–Crippen LogP) is 1.47. The number of piperidine rings is 1. The summed E-state index contributed by atoms with van der Waals surface area (Å²) in [6.45, 7) is 6.80. The van der Waals surface area contributed by atoms with Crippen molar-refractivity contribution in [3.8, 4) is 0 Å². The highest BCUT2D eigenvalue weighted by atomic mass is 16.5. The van der Waals surface area contributed by atoms with Gasteiger partial charge in [-0.3, -0.25) is 4.79 Å². The molecule has 1 fully saturated rings. The first-order chi connectivity index (χ1) is 11.9. The molecule has 0 N–H and O–H groups in total. The third kappa shape index (κ3) is 3.58. The van der Waals surface area contributed by atoms with Gasteiger partial charge >= 0.3 is 0 Å². The molecule has 2 atom stereocenters. The maximum Gasteiger partial charge on any atom is 0.233 e. The van der Waals surface area contributed by atoms with Gasteiger partial charge in [-0.05, 0) is 41.3 Å². The van der Waals surface area contributed by atoms with Crippen LogP contribution >= 0.6 is 0 Å². The van der Waals surface area contributed by atoms with Crippen LogP contribution in [0.15, 0.2) is 9.05 Å². The highest BCUT2D eigenvalue weighted by Crippen LogP contribution is 2.29. The summed E-state index contributed by atoms with van der Waals surface area (Å²) in [6.07, 6.45) is 1.18. The first-order valence-electron chi connectivity index (χ1n) is 8.53. The van der Waals surface area contributed by atoms with E-state index in [1.807, 2.05) is 32.8 Å². The molecule has 25 heavy (non-hydrogen) atoms. The number of aromatic nitrogens is 3. The Hall–Kier alpha value is -2.22. The standard InChI is InChI=1S/C17H25N5O3/c1-10-13(11(2)24-19-10)8-16(23)22-7-6-15(21(4)5)14(9-22)17-18-12(3)20-25-17/h14-15H,6-9H2,1-5H3/t14-,15+/m0/s1. The zero-order chi connectivity index (χ0) is 18.1. The molecule has 1 aliphatic heterocycles. The maximum atomic E-state index is 12.8. The third-order valence-corrected chi connectivity index (χ3v) is 4.96. The van der Waals surface area contributed by atoms with Crippen molar-refractivity contribution in [3.05, 3.63) is 28.7 Å². The average molecular weight is 347 g/mol. The zero-order valence-electron chi connectivity index (χ0n) is 15.4. The highest BCUT2D eigenvalue weighted by Gasteiger charge is 2.37. The molecule has 0 aliphatic carbocycles. The fraction of sp³-hybridized carbons (Fsp3) is 0.647. The highest BCUT2D eigenvalue weighted by molar-refractivity contribution is 5.79. The van der Waals surface area contributed by atoms with Gasteiger partial charge < -0.3 is 18.8 Å². The van der Waals surface area contributed by atoms with Crippen molar-refractivity contribution < 1.29 is 13.8 Å². The molecule has 0 saturated carbocycles. The summed E-state index contributed by atoms with van der Waals surface area (Å²) in [5, 5.41) is 7.84. The first-order valence-corrected chi connectivity index (χ1v) is 8.53. The number of aryl methyl sites for hydroxylation is 3. The van der Waals surface area contributed by atoms with Gasteiger partial charge in [-0.25, -0.2) is 0 Å². The molecule has 2 aromatic heterocycles. The van der Waals surface area contributed by atoms with Gasteiger partial charge in [-0.1, -0.05) is 10.3 Å². The minimum Gasteiger partial charge on any atom is -0.361 e. The van der Waals surface area contributed by atoms with E-state index in [4.69, 9.17) is 9.05 Å². The quantitative estimate of drug-likeness (QED) is 0.827. The number of hydrogen-bond donors (Lipinski definition) is 0. The summed E-state index contributed by atoms with van der Waals surface area (Å²) in [7, 11) is 4.09. The molecule has 136 valence electrons. The van der Waals surface area contributed by atoms with Crippen molar-refractivity contribution in [2.75, 3.05) is 27.2 Å². The van der Waals surface area contributed by atoms with Crippen LogP contribution in [0.5, 0.6) is 0 Å². The molecular weight excluding hydrogens is 322 g/mol. The second-order valence-corrected chi connectivity index (χ2v) is 6.93. The average Bonchev–Trinajstić information content (AvgIpc) is 3.14. The number of amides is 1. The number of nitrogens with zero attached hydrogens (tertiary/aromatic N) is 5. The Bertz CT molecular complexity index is 732. The van der Waals surface area contributed by atoms with Crippen LogP contribution in [-0.4, -0.2) is 64.2 Å². The van der Waals surface area contributed by atoms with Crippen molar-refractivity contribution in [1.82, 2.24) is 25.1 Å². The number of rotatable bonds is 4. The molecule has 1 aliphatic rings. The van der Waals surface area contributed by atoms with Gasteiger partial charge in [0.15, 0.2) is 5.82 Å². The summed E-state index contributed by atoms with van der Waals surface area (Å²) >= 11 is 0. The van der Waals surface area contributed by atoms with E-state index in [9.17, 15) is 4.79 Å². The second-order valence-electron chi connectivity index (χ2n) is 6.93. The van der Waals surface area contributed by atoms with Crippen molar-refractivity contribution >= 4 is 5.91 Å². The van der Waals surface area contributed by atoms with E-state index in [1.54, 1.807) is 6.92 Å². The monoisotopic (exact) mass is 347 g/mol. The molecule has 8 heteroatoms. The summed E-state index contributed by atoms with van der Waals surface area (Å²) in [4.78, 5) is 21.3. The lowest BCUT2D eigenvalue weighted by Gasteiger charge is -2.40. The van der Waals surface area contributed by atoms with Crippen LogP contribution in [0, 0.1) is 20.8 Å². The smallest absolute Gasteiger partial charge is 0.233 e. The van der Waals surface area contributed by atoms with Gasteiger partial charge in [0.2, 0.25) is 11.8 Å². The van der Waals surface area contributed by atoms with Gasteiger partial charge in [0.25, 0.3) is 0 Å². The zero-order valence-corrected chi connectivity index (χ0v) is 15.4. The summed E-state index contributed by atoms with van der Waals surface area (Å²) in [5.41, 5.74) is 1.66. The topological polar surface area (TPSA) is 88.5 Å². The van der Waals surface area contributed by atoms with E-state index in [1.165, 1.54) is 0 Å². The van der Waals surface area contributed by atoms with E-state index in [2.05, 4.69) is 20.2 Å². The minimum absolute atomic E-state index is 0.0126. The van der Waals surface area contributed by atoms with E-state index in [0.29, 0.717) is 37.0 Å². The minimum atomic E-state index is 0.0126. The van der Waals surface area contributed by atoms with E-state index in [-0.39, 0.29) is 17.9 Å². The summed E-state index contributed by atoms with van der Waals surface area (Å²) < 4.78 is 10.6. The summed E-state index contributed by atoms with van der Waals surface area (Å²) in [5.74, 6) is 2.02. The number of carbonyl (C=O) groups excluding carboxylic acids is 1. The van der Waals surface area contributed by atoms with Crippen LogP contribution in [0.1, 0.15) is 41.1 Å². The Morgan fingerprint density at radius 2 is 2.00 bits per heavy atom. The fourth-order valence-corrected chi connectivity index (χ4v) is 3.51. The molecular formula is C17H25N5O3. The van der Waals surface area contributed by atoms with Crippen LogP contribution in [0.25, 0.3) is 0 Å². The Balaban J connectivity index is 1.76. The van der Waals surface area contributed by atoms with Crippen molar-refractivity contribution in [2.45, 2.75) is 45.6 Å². The SMILES string of the molecule is Cc1noc([C@H]2CN(C(=O)Cc3c(C)noc3C)CC[C@H]2N(C)C)n1. The van der Waals surface area contributed by atoms with Crippen molar-refractivity contribution in [2.24, 2.45) is 0 Å². The van der Waals surface area contributed by atoms with E-state index < -0.39 is 0 Å². The second kappa shape index (κ2) is 6.95. The Morgan fingerprint density at radius 3 is 2.56 bits per heavy atom. The van der Waals surface area contributed by atoms with Gasteiger partial charge in [-0.15, -0.1) is 0 Å². The Kier molecular flexibility index (Phi) is 4.89. The molecule has 0 aromatic carbocycles. The normalized spacial score (nSPS) is 21.1. The largest absolute Gasteiger partial charge is 0.361 e. The molecule has 1 amide bonds. The van der Waals surface area contributed by atoms with E-state index in [0.717, 1.165) is 17.7 Å². The molecule has 0 radical (unpaired) electrons. The van der Waals surface area contributed by atoms with Gasteiger partial charge in [0.05, 0.1) is 18.0 Å². The number of likely N-dealkylation sites (N-methyl/N-ethyl adjacent to an activating group) is 1. The Morgan fingerprint density at radius 1 is 1.24 bits per heavy atom. The van der Waals surface area contributed by atoms with E-state index >= 15 is 0 Å². The van der Waals surface area contributed by atoms with Crippen molar-refractivity contribution in [3.63, 3.8) is 0 Å². The van der Waals surface area contributed by atoms with Gasteiger partial charge in [0, 0.05) is 24.7 Å². The molecule has 8 nitrogen and oxygen atoms in total. The molecule has 2 aromatic rings.